The molecule has 0 bridgehead atoms. The molecule has 2 nitrogen and oxygen atoms in total. The average molecular weight is 511 g/mol. The van der Waals surface area contributed by atoms with Gasteiger partial charge in [-0.2, -0.15) is 31.6 Å². The summed E-state index contributed by atoms with van der Waals surface area (Å²) >= 11 is 0. The molecule has 0 aromatic heterocycles. The van der Waals surface area contributed by atoms with Crippen molar-refractivity contribution < 1.29 is 26.3 Å². The lowest BCUT2D eigenvalue weighted by Crippen LogP contribution is -2.39. The zero-order valence-electron chi connectivity index (χ0n) is 20.4. The number of hydrogen-bond donors (Lipinski definition) is 0. The van der Waals surface area contributed by atoms with Crippen LogP contribution < -0.4 is 0 Å². The number of nitriles is 1. The molecule has 0 saturated heterocycles. The van der Waals surface area contributed by atoms with E-state index in [-0.39, 0.29) is 11.5 Å². The molecule has 1 aliphatic rings. The van der Waals surface area contributed by atoms with Crippen LogP contribution in [0.4, 0.5) is 26.3 Å². The summed E-state index contributed by atoms with van der Waals surface area (Å²) < 4.78 is 80.8. The summed E-state index contributed by atoms with van der Waals surface area (Å²) in [5.74, 6) is -0.163. The number of rotatable bonds is 11. The summed E-state index contributed by atoms with van der Waals surface area (Å²) in [5, 5.41) is 10.2. The van der Waals surface area contributed by atoms with E-state index in [1.807, 2.05) is 18.2 Å². The Hall–Kier alpha value is -2.53. The van der Waals surface area contributed by atoms with Crippen LogP contribution in [0.3, 0.4) is 0 Å². The van der Waals surface area contributed by atoms with Crippen LogP contribution in [0, 0.1) is 17.2 Å². The molecule has 36 heavy (non-hydrogen) atoms. The second-order valence-electron chi connectivity index (χ2n) is 9.65. The SMILES string of the molecule is CCCN(CCCC(C#N)(c1ccc(C(F)(F)F)c(C(F)(F)F)c1)C1CCC1)CCc1ccccc1. The van der Waals surface area contributed by atoms with Gasteiger partial charge in [-0.05, 0) is 80.8 Å². The van der Waals surface area contributed by atoms with Gasteiger partial charge in [0.15, 0.2) is 0 Å². The van der Waals surface area contributed by atoms with E-state index in [4.69, 9.17) is 0 Å². The molecule has 3 rings (SSSR count). The highest BCUT2D eigenvalue weighted by Gasteiger charge is 2.47. The molecule has 0 N–H and O–H groups in total. The number of benzene rings is 2. The molecular weight excluding hydrogens is 478 g/mol. The fourth-order valence-electron chi connectivity index (χ4n) is 5.17. The molecule has 1 fully saturated rings. The minimum Gasteiger partial charge on any atom is -0.303 e. The van der Waals surface area contributed by atoms with Crippen molar-refractivity contribution in [3.8, 4) is 6.07 Å². The van der Waals surface area contributed by atoms with E-state index >= 15 is 0 Å². The maximum Gasteiger partial charge on any atom is 0.417 e. The van der Waals surface area contributed by atoms with Crippen LogP contribution in [0.25, 0.3) is 0 Å². The smallest absolute Gasteiger partial charge is 0.303 e. The number of nitrogens with zero attached hydrogens (tertiary/aromatic N) is 2. The van der Waals surface area contributed by atoms with Crippen molar-refractivity contribution in [2.45, 2.75) is 69.6 Å². The predicted octanol–water partition coefficient (Wildman–Crippen LogP) is 8.02. The first kappa shape index (κ1) is 28.0. The number of hydrogen-bond acceptors (Lipinski definition) is 2. The molecule has 0 aliphatic heterocycles. The molecule has 1 aliphatic carbocycles. The summed E-state index contributed by atoms with van der Waals surface area (Å²) in [6.07, 6.45) is -5.39. The Morgan fingerprint density at radius 2 is 1.56 bits per heavy atom. The third kappa shape index (κ3) is 6.61. The van der Waals surface area contributed by atoms with Crippen molar-refractivity contribution in [3.05, 3.63) is 70.8 Å². The largest absolute Gasteiger partial charge is 0.417 e. The van der Waals surface area contributed by atoms with Crippen LogP contribution in [-0.2, 0) is 24.2 Å². The summed E-state index contributed by atoms with van der Waals surface area (Å²) in [6.45, 7) is 4.42. The third-order valence-electron chi connectivity index (χ3n) is 7.29. The monoisotopic (exact) mass is 510 g/mol. The Bertz CT molecular complexity index is 1020. The zero-order valence-corrected chi connectivity index (χ0v) is 20.4. The Labute approximate surface area is 208 Å². The first-order valence-electron chi connectivity index (χ1n) is 12.5. The highest BCUT2D eigenvalue weighted by molar-refractivity contribution is 5.43. The van der Waals surface area contributed by atoms with E-state index in [0.29, 0.717) is 44.4 Å². The van der Waals surface area contributed by atoms with Gasteiger partial charge in [-0.15, -0.1) is 0 Å². The Balaban J connectivity index is 1.82. The van der Waals surface area contributed by atoms with Gasteiger partial charge in [0.05, 0.1) is 22.6 Å². The lowest BCUT2D eigenvalue weighted by molar-refractivity contribution is -0.162. The van der Waals surface area contributed by atoms with Crippen LogP contribution in [0.15, 0.2) is 48.5 Å². The van der Waals surface area contributed by atoms with Gasteiger partial charge in [-0.1, -0.05) is 49.7 Å². The molecule has 8 heteroatoms. The van der Waals surface area contributed by atoms with Crippen molar-refractivity contribution in [2.75, 3.05) is 19.6 Å². The van der Waals surface area contributed by atoms with E-state index in [1.165, 1.54) is 5.56 Å². The molecule has 0 heterocycles. The molecule has 1 saturated carbocycles. The summed E-state index contributed by atoms with van der Waals surface area (Å²) in [4.78, 5) is 2.28. The first-order valence-corrected chi connectivity index (χ1v) is 12.5. The minimum atomic E-state index is -5.17. The number of alkyl halides is 6. The van der Waals surface area contributed by atoms with Crippen LogP contribution in [-0.4, -0.2) is 24.5 Å². The Kier molecular flexibility index (Phi) is 9.10. The van der Waals surface area contributed by atoms with Gasteiger partial charge < -0.3 is 4.90 Å². The van der Waals surface area contributed by atoms with Crippen molar-refractivity contribution in [2.24, 2.45) is 5.92 Å². The maximum atomic E-state index is 13.6. The topological polar surface area (TPSA) is 27.0 Å². The highest BCUT2D eigenvalue weighted by atomic mass is 19.4. The van der Waals surface area contributed by atoms with Crippen molar-refractivity contribution in [3.63, 3.8) is 0 Å². The summed E-state index contributed by atoms with van der Waals surface area (Å²) in [7, 11) is 0. The van der Waals surface area contributed by atoms with Gasteiger partial charge in [0, 0.05) is 6.54 Å². The van der Waals surface area contributed by atoms with Gasteiger partial charge in [0.25, 0.3) is 0 Å². The normalized spacial score (nSPS) is 16.4. The molecule has 2 aromatic rings. The van der Waals surface area contributed by atoms with Gasteiger partial charge in [-0.3, -0.25) is 0 Å². The molecule has 0 spiro atoms. The highest BCUT2D eigenvalue weighted by Crippen LogP contribution is 2.49. The Morgan fingerprint density at radius 3 is 2.08 bits per heavy atom. The quantitative estimate of drug-likeness (QED) is 0.286. The molecule has 0 radical (unpaired) electrons. The van der Waals surface area contributed by atoms with Crippen molar-refractivity contribution >= 4 is 0 Å². The standard InChI is InChI=1S/C28H32F6N2/c1-2-16-36(18-14-21-8-4-3-5-9-21)17-7-15-26(20-35,22-10-6-11-22)23-12-13-24(27(29,30)31)25(19-23)28(32,33)34/h3-5,8-9,12-13,19,22H,2,6-7,10-11,14-18H2,1H3. The van der Waals surface area contributed by atoms with Crippen LogP contribution in [0.1, 0.15) is 67.7 Å². The van der Waals surface area contributed by atoms with E-state index in [0.717, 1.165) is 38.4 Å². The van der Waals surface area contributed by atoms with E-state index in [9.17, 15) is 31.6 Å². The molecule has 1 unspecified atom stereocenters. The lowest BCUT2D eigenvalue weighted by Gasteiger charge is -2.42. The average Bonchev–Trinajstić information content (AvgIpc) is 2.79. The predicted molar refractivity (Wildman–Crippen MR) is 127 cm³/mol. The van der Waals surface area contributed by atoms with Crippen LogP contribution in [0.2, 0.25) is 0 Å². The second-order valence-corrected chi connectivity index (χ2v) is 9.65. The molecular formula is C28H32F6N2. The molecule has 0 amide bonds. The maximum absolute atomic E-state index is 13.6. The van der Waals surface area contributed by atoms with Gasteiger partial charge in [0.1, 0.15) is 0 Å². The molecule has 196 valence electrons. The van der Waals surface area contributed by atoms with E-state index in [2.05, 4.69) is 30.0 Å². The first-order chi connectivity index (χ1) is 17.0. The fourth-order valence-corrected chi connectivity index (χ4v) is 5.17. The van der Waals surface area contributed by atoms with Crippen LogP contribution >= 0.6 is 0 Å². The minimum absolute atomic E-state index is 0.0429. The Morgan fingerprint density at radius 1 is 0.889 bits per heavy atom. The van der Waals surface area contributed by atoms with Crippen molar-refractivity contribution in [1.82, 2.24) is 4.90 Å². The van der Waals surface area contributed by atoms with Gasteiger partial charge >= 0.3 is 12.4 Å². The molecule has 2 aromatic carbocycles. The fraction of sp³-hybridized carbons (Fsp3) is 0.536. The lowest BCUT2D eigenvalue weighted by atomic mass is 9.60. The van der Waals surface area contributed by atoms with Crippen molar-refractivity contribution in [1.29, 1.82) is 5.26 Å². The van der Waals surface area contributed by atoms with E-state index < -0.39 is 28.9 Å². The third-order valence-corrected chi connectivity index (χ3v) is 7.29. The zero-order chi connectivity index (χ0) is 26.4. The van der Waals surface area contributed by atoms with Gasteiger partial charge in [-0.25, -0.2) is 0 Å². The summed E-state index contributed by atoms with van der Waals surface area (Å²) in [6, 6.07) is 14.5. The second kappa shape index (κ2) is 11.7. The number of halogens is 6. The molecule has 1 atom stereocenters. The van der Waals surface area contributed by atoms with Crippen LogP contribution in [0.5, 0.6) is 0 Å². The van der Waals surface area contributed by atoms with E-state index in [1.54, 1.807) is 0 Å². The summed E-state index contributed by atoms with van der Waals surface area (Å²) in [5.41, 5.74) is -3.42. The van der Waals surface area contributed by atoms with Gasteiger partial charge in [0.2, 0.25) is 0 Å².